The molecular weight excluding hydrogens is 403 g/mol. The third-order valence-corrected chi connectivity index (χ3v) is 5.85. The third-order valence-electron chi connectivity index (χ3n) is 5.85. The number of anilines is 3. The molecule has 2 N–H and O–H groups in total. The number of nitrogens with zero attached hydrogens (tertiary/aromatic N) is 4. The van der Waals surface area contributed by atoms with E-state index in [1.54, 1.807) is 25.4 Å². The number of hydrogen-bond acceptors (Lipinski definition) is 6. The number of aromatic nitrogens is 3. The Morgan fingerprint density at radius 3 is 2.56 bits per heavy atom. The van der Waals surface area contributed by atoms with Crippen molar-refractivity contribution in [2.75, 3.05) is 36.4 Å². The molecule has 0 aliphatic carbocycles. The second-order valence-electron chi connectivity index (χ2n) is 7.99. The Bertz CT molecular complexity index is 1240. The zero-order valence-electron chi connectivity index (χ0n) is 18.0. The van der Waals surface area contributed by atoms with Crippen LogP contribution in [0.2, 0.25) is 0 Å². The molecule has 3 heterocycles. The Morgan fingerprint density at radius 1 is 0.969 bits per heavy atom. The number of hydrogen-bond donors (Lipinski definition) is 2. The first-order valence-corrected chi connectivity index (χ1v) is 10.8. The minimum absolute atomic E-state index is 0.255. The van der Waals surface area contributed by atoms with Crippen molar-refractivity contribution >= 4 is 28.1 Å². The van der Waals surface area contributed by atoms with Crippen LogP contribution < -0.4 is 15.5 Å². The molecule has 0 spiro atoms. The zero-order chi connectivity index (χ0) is 21.9. The van der Waals surface area contributed by atoms with E-state index >= 15 is 0 Å². The Kier molecular flexibility index (Phi) is 5.64. The number of pyridine rings is 1. The van der Waals surface area contributed by atoms with E-state index in [1.807, 2.05) is 12.1 Å². The quantitative estimate of drug-likeness (QED) is 0.496. The summed E-state index contributed by atoms with van der Waals surface area (Å²) in [5, 5.41) is 7.58. The SMILES string of the molecule is Cc1c(F)ccc2c(Nc3ccnc(Cc4ccc(N5CCNCC5)cc4)n3)ccnc12. The number of aryl methyl sites for hydroxylation is 1. The normalized spacial score (nSPS) is 14.0. The highest BCUT2D eigenvalue weighted by Gasteiger charge is 2.11. The van der Waals surface area contributed by atoms with Gasteiger partial charge >= 0.3 is 0 Å². The molecule has 162 valence electrons. The van der Waals surface area contributed by atoms with Gasteiger partial charge in [0.25, 0.3) is 0 Å². The molecule has 5 rings (SSSR count). The smallest absolute Gasteiger partial charge is 0.135 e. The van der Waals surface area contributed by atoms with Crippen LogP contribution in [-0.4, -0.2) is 41.1 Å². The standard InChI is InChI=1S/C25H25FN6/c1-17-21(26)7-6-20-22(8-10-29-25(17)20)30-23-9-11-28-24(31-23)16-18-2-4-19(5-3-18)32-14-12-27-13-15-32/h2-11,27H,12-16H2,1H3,(H,28,29,30,31). The van der Waals surface area contributed by atoms with Gasteiger partial charge in [0, 0.05) is 61.6 Å². The first-order valence-electron chi connectivity index (χ1n) is 10.8. The fraction of sp³-hybridized carbons (Fsp3) is 0.240. The number of halogens is 1. The molecule has 0 amide bonds. The summed E-state index contributed by atoms with van der Waals surface area (Å²) in [7, 11) is 0. The summed E-state index contributed by atoms with van der Waals surface area (Å²) >= 11 is 0. The van der Waals surface area contributed by atoms with Crippen molar-refractivity contribution in [2.45, 2.75) is 13.3 Å². The molecule has 7 heteroatoms. The van der Waals surface area contributed by atoms with Gasteiger partial charge in [-0.15, -0.1) is 0 Å². The maximum atomic E-state index is 13.9. The molecule has 32 heavy (non-hydrogen) atoms. The first-order chi connectivity index (χ1) is 15.7. The third kappa shape index (κ3) is 4.24. The predicted octanol–water partition coefficient (Wildman–Crippen LogP) is 4.22. The van der Waals surface area contributed by atoms with Crippen molar-refractivity contribution in [2.24, 2.45) is 0 Å². The molecule has 0 bridgehead atoms. The Labute approximate surface area is 186 Å². The van der Waals surface area contributed by atoms with E-state index in [2.05, 4.69) is 54.8 Å². The fourth-order valence-electron chi connectivity index (χ4n) is 4.07. The summed E-state index contributed by atoms with van der Waals surface area (Å²) in [5.41, 5.74) is 4.44. The van der Waals surface area contributed by atoms with Crippen LogP contribution in [-0.2, 0) is 6.42 Å². The molecule has 2 aromatic carbocycles. The molecule has 0 saturated carbocycles. The molecule has 1 fully saturated rings. The van der Waals surface area contributed by atoms with Gasteiger partial charge in [-0.25, -0.2) is 14.4 Å². The van der Waals surface area contributed by atoms with Crippen molar-refractivity contribution in [3.63, 3.8) is 0 Å². The van der Waals surface area contributed by atoms with Crippen LogP contribution in [0.15, 0.2) is 60.9 Å². The summed E-state index contributed by atoms with van der Waals surface area (Å²) in [6, 6.07) is 15.6. The maximum Gasteiger partial charge on any atom is 0.135 e. The maximum absolute atomic E-state index is 13.9. The minimum atomic E-state index is -0.255. The summed E-state index contributed by atoms with van der Waals surface area (Å²) in [5.74, 6) is 1.18. The summed E-state index contributed by atoms with van der Waals surface area (Å²) < 4.78 is 13.9. The van der Waals surface area contributed by atoms with Gasteiger partial charge in [-0.1, -0.05) is 12.1 Å². The molecule has 0 atom stereocenters. The number of nitrogens with one attached hydrogen (secondary N) is 2. The van der Waals surface area contributed by atoms with E-state index in [9.17, 15) is 4.39 Å². The van der Waals surface area contributed by atoms with Crippen molar-refractivity contribution in [3.8, 4) is 0 Å². The fourth-order valence-corrected chi connectivity index (χ4v) is 4.07. The lowest BCUT2D eigenvalue weighted by atomic mass is 10.1. The Hall–Kier alpha value is -3.58. The second kappa shape index (κ2) is 8.88. The van der Waals surface area contributed by atoms with Gasteiger partial charge in [-0.3, -0.25) is 4.98 Å². The topological polar surface area (TPSA) is 66.0 Å². The van der Waals surface area contributed by atoms with Gasteiger partial charge in [0.05, 0.1) is 11.2 Å². The van der Waals surface area contributed by atoms with Crippen LogP contribution in [0.5, 0.6) is 0 Å². The minimum Gasteiger partial charge on any atom is -0.369 e. The number of rotatable bonds is 5. The molecule has 1 aliphatic rings. The van der Waals surface area contributed by atoms with E-state index in [0.717, 1.165) is 43.1 Å². The lowest BCUT2D eigenvalue weighted by molar-refractivity contribution is 0.589. The molecule has 6 nitrogen and oxygen atoms in total. The Morgan fingerprint density at radius 2 is 1.75 bits per heavy atom. The average Bonchev–Trinajstić information content (AvgIpc) is 2.83. The molecule has 0 radical (unpaired) electrons. The number of piperazine rings is 1. The van der Waals surface area contributed by atoms with Crippen LogP contribution in [0.1, 0.15) is 17.0 Å². The van der Waals surface area contributed by atoms with Crippen molar-refractivity contribution < 1.29 is 4.39 Å². The molecule has 4 aromatic rings. The monoisotopic (exact) mass is 428 g/mol. The lowest BCUT2D eigenvalue weighted by Crippen LogP contribution is -2.43. The summed E-state index contributed by atoms with van der Waals surface area (Å²) in [4.78, 5) is 15.9. The van der Waals surface area contributed by atoms with Crippen molar-refractivity contribution in [1.29, 1.82) is 0 Å². The van der Waals surface area contributed by atoms with E-state index in [4.69, 9.17) is 0 Å². The highest BCUT2D eigenvalue weighted by atomic mass is 19.1. The largest absolute Gasteiger partial charge is 0.369 e. The average molecular weight is 429 g/mol. The van der Waals surface area contributed by atoms with Gasteiger partial charge < -0.3 is 15.5 Å². The Balaban J connectivity index is 1.33. The molecule has 0 unspecified atom stereocenters. The van der Waals surface area contributed by atoms with Gasteiger partial charge in [-0.2, -0.15) is 0 Å². The summed E-state index contributed by atoms with van der Waals surface area (Å²) in [6.07, 6.45) is 4.09. The number of fused-ring (bicyclic) bond motifs is 1. The van der Waals surface area contributed by atoms with Crippen LogP contribution in [0.3, 0.4) is 0 Å². The first kappa shape index (κ1) is 20.3. The highest BCUT2D eigenvalue weighted by molar-refractivity contribution is 5.94. The van der Waals surface area contributed by atoms with Crippen molar-refractivity contribution in [3.05, 3.63) is 83.7 Å². The van der Waals surface area contributed by atoms with Gasteiger partial charge in [0.2, 0.25) is 0 Å². The van der Waals surface area contributed by atoms with Gasteiger partial charge in [0.1, 0.15) is 17.5 Å². The van der Waals surface area contributed by atoms with E-state index in [-0.39, 0.29) is 5.82 Å². The lowest BCUT2D eigenvalue weighted by Gasteiger charge is -2.29. The van der Waals surface area contributed by atoms with Crippen LogP contribution in [0.25, 0.3) is 10.9 Å². The summed E-state index contributed by atoms with van der Waals surface area (Å²) in [6.45, 7) is 5.86. The van der Waals surface area contributed by atoms with E-state index in [1.165, 1.54) is 17.3 Å². The van der Waals surface area contributed by atoms with Gasteiger partial charge in [-0.05, 0) is 48.9 Å². The molecule has 1 saturated heterocycles. The zero-order valence-corrected chi connectivity index (χ0v) is 18.0. The predicted molar refractivity (Wildman–Crippen MR) is 126 cm³/mol. The molecule has 2 aromatic heterocycles. The van der Waals surface area contributed by atoms with Crippen LogP contribution >= 0.6 is 0 Å². The van der Waals surface area contributed by atoms with E-state index < -0.39 is 0 Å². The van der Waals surface area contributed by atoms with Crippen molar-refractivity contribution in [1.82, 2.24) is 20.3 Å². The molecular formula is C25H25FN6. The van der Waals surface area contributed by atoms with E-state index in [0.29, 0.717) is 23.3 Å². The van der Waals surface area contributed by atoms with Crippen LogP contribution in [0.4, 0.5) is 21.6 Å². The van der Waals surface area contributed by atoms with Gasteiger partial charge in [0.15, 0.2) is 0 Å². The van der Waals surface area contributed by atoms with Crippen LogP contribution in [0, 0.1) is 12.7 Å². The highest BCUT2D eigenvalue weighted by Crippen LogP contribution is 2.27. The second-order valence-corrected chi connectivity index (χ2v) is 7.99. The molecule has 1 aliphatic heterocycles. The number of benzene rings is 2.